The molecule has 0 aliphatic rings. The molecule has 0 saturated heterocycles. The minimum absolute atomic E-state index is 0.454. The van der Waals surface area contributed by atoms with Gasteiger partial charge in [0, 0.05) is 21.9 Å². The Labute approximate surface area is 132 Å². The maximum absolute atomic E-state index is 6.20. The van der Waals surface area contributed by atoms with Gasteiger partial charge < -0.3 is 5.73 Å². The Hall–Kier alpha value is -1.50. The number of nitrogens with zero attached hydrogens (tertiary/aromatic N) is 3. The molecule has 110 valence electrons. The van der Waals surface area contributed by atoms with E-state index in [1.165, 1.54) is 4.88 Å². The highest BCUT2D eigenvalue weighted by molar-refractivity contribution is 7.18. The first-order valence-corrected chi connectivity index (χ1v) is 8.60. The highest BCUT2D eigenvalue weighted by atomic mass is 32.1. The van der Waals surface area contributed by atoms with Crippen molar-refractivity contribution in [1.82, 2.24) is 14.9 Å². The zero-order chi connectivity index (χ0) is 15.0. The van der Waals surface area contributed by atoms with Gasteiger partial charge in [0.25, 0.3) is 0 Å². The van der Waals surface area contributed by atoms with Gasteiger partial charge in [0.1, 0.15) is 16.5 Å². The second-order valence-corrected chi connectivity index (χ2v) is 7.15. The van der Waals surface area contributed by atoms with Gasteiger partial charge in [0.15, 0.2) is 0 Å². The van der Waals surface area contributed by atoms with Gasteiger partial charge in [-0.05, 0) is 32.3 Å². The zero-order valence-corrected chi connectivity index (χ0v) is 14.0. The van der Waals surface area contributed by atoms with Gasteiger partial charge in [-0.25, -0.2) is 9.97 Å². The molecule has 3 rings (SSSR count). The number of aromatic nitrogens is 2. The monoisotopic (exact) mass is 318 g/mol. The average molecular weight is 318 g/mol. The third-order valence-corrected chi connectivity index (χ3v) is 5.34. The zero-order valence-electron chi connectivity index (χ0n) is 12.3. The van der Waals surface area contributed by atoms with Crippen LogP contribution in [0.2, 0.25) is 0 Å². The van der Waals surface area contributed by atoms with Crippen molar-refractivity contribution >= 4 is 38.7 Å². The van der Waals surface area contributed by atoms with Crippen LogP contribution in [-0.4, -0.2) is 28.0 Å². The molecule has 0 unspecified atom stereocenters. The molecule has 3 heterocycles. The molecule has 0 aliphatic carbocycles. The van der Waals surface area contributed by atoms with E-state index in [1.807, 2.05) is 6.07 Å². The first kappa shape index (κ1) is 14.4. The molecule has 6 heteroatoms. The number of nitrogen functional groups attached to an aromatic ring is 1. The number of nitrogens with two attached hydrogens (primary N) is 1. The first-order chi connectivity index (χ1) is 10.1. The molecule has 3 aromatic rings. The quantitative estimate of drug-likeness (QED) is 0.794. The van der Waals surface area contributed by atoms with Crippen molar-refractivity contribution in [3.63, 3.8) is 0 Å². The summed E-state index contributed by atoms with van der Waals surface area (Å²) in [7, 11) is 2.07. The number of fused-ring (bicyclic) bond motifs is 1. The van der Waals surface area contributed by atoms with E-state index in [2.05, 4.69) is 52.6 Å². The number of hydrogen-bond donors (Lipinski definition) is 1. The number of hydrogen-bond acceptors (Lipinski definition) is 6. The molecule has 3 aromatic heterocycles. The summed E-state index contributed by atoms with van der Waals surface area (Å²) in [5, 5.41) is 5.18. The lowest BCUT2D eigenvalue weighted by molar-refractivity contribution is 0.260. The van der Waals surface area contributed by atoms with Crippen molar-refractivity contribution in [2.45, 2.75) is 26.4 Å². The van der Waals surface area contributed by atoms with E-state index in [0.29, 0.717) is 18.4 Å². The van der Waals surface area contributed by atoms with Crippen molar-refractivity contribution in [3.05, 3.63) is 28.7 Å². The standard InChI is InChI=1S/C15H18N4S2/c1-9(2)19(3)7-12-17-14(16)13-10(8-21-15(13)18-12)11-5-4-6-20-11/h4-6,8-9H,7H2,1-3H3,(H2,16,17,18). The Bertz CT molecular complexity index is 746. The molecule has 0 spiro atoms. The third kappa shape index (κ3) is 2.79. The Morgan fingerprint density at radius 3 is 2.76 bits per heavy atom. The molecule has 0 radical (unpaired) electrons. The maximum Gasteiger partial charge on any atom is 0.146 e. The van der Waals surface area contributed by atoms with Crippen molar-refractivity contribution in [1.29, 1.82) is 0 Å². The van der Waals surface area contributed by atoms with Crippen LogP contribution in [0.15, 0.2) is 22.9 Å². The molecule has 0 aliphatic heterocycles. The van der Waals surface area contributed by atoms with Crippen LogP contribution in [0.5, 0.6) is 0 Å². The molecule has 21 heavy (non-hydrogen) atoms. The van der Waals surface area contributed by atoms with E-state index >= 15 is 0 Å². The molecule has 2 N–H and O–H groups in total. The van der Waals surface area contributed by atoms with E-state index in [0.717, 1.165) is 21.6 Å². The van der Waals surface area contributed by atoms with Crippen molar-refractivity contribution < 1.29 is 0 Å². The van der Waals surface area contributed by atoms with E-state index in [-0.39, 0.29) is 0 Å². The molecule has 0 fully saturated rings. The summed E-state index contributed by atoms with van der Waals surface area (Å²) in [6.45, 7) is 5.02. The minimum Gasteiger partial charge on any atom is -0.383 e. The van der Waals surface area contributed by atoms with Gasteiger partial charge in [0.05, 0.1) is 11.9 Å². The Kier molecular flexibility index (Phi) is 3.93. The van der Waals surface area contributed by atoms with Crippen LogP contribution in [0.1, 0.15) is 19.7 Å². The maximum atomic E-state index is 6.20. The number of anilines is 1. The predicted molar refractivity (Wildman–Crippen MR) is 91.7 cm³/mol. The van der Waals surface area contributed by atoms with Crippen molar-refractivity contribution in [2.24, 2.45) is 0 Å². The Balaban J connectivity index is 2.03. The average Bonchev–Trinajstić information content (AvgIpc) is 3.06. The fourth-order valence-electron chi connectivity index (χ4n) is 2.10. The lowest BCUT2D eigenvalue weighted by Gasteiger charge is -2.19. The summed E-state index contributed by atoms with van der Waals surface area (Å²) in [4.78, 5) is 13.6. The van der Waals surface area contributed by atoms with Crippen LogP contribution in [0.4, 0.5) is 5.82 Å². The van der Waals surface area contributed by atoms with Gasteiger partial charge in [0.2, 0.25) is 0 Å². The highest BCUT2D eigenvalue weighted by Crippen LogP contribution is 2.37. The Morgan fingerprint density at radius 1 is 1.29 bits per heavy atom. The summed E-state index contributed by atoms with van der Waals surface area (Å²) >= 11 is 3.34. The summed E-state index contributed by atoms with van der Waals surface area (Å²) in [5.41, 5.74) is 7.35. The third-order valence-electron chi connectivity index (χ3n) is 3.57. The van der Waals surface area contributed by atoms with E-state index < -0.39 is 0 Å². The molecular formula is C15H18N4S2. The normalized spacial score (nSPS) is 11.9. The summed E-state index contributed by atoms with van der Waals surface area (Å²) in [6, 6.07) is 4.61. The van der Waals surface area contributed by atoms with Gasteiger partial charge in [-0.3, -0.25) is 4.90 Å². The van der Waals surface area contributed by atoms with E-state index in [4.69, 9.17) is 5.73 Å². The van der Waals surface area contributed by atoms with Gasteiger partial charge >= 0.3 is 0 Å². The van der Waals surface area contributed by atoms with Crippen molar-refractivity contribution in [3.8, 4) is 10.4 Å². The second-order valence-electron chi connectivity index (χ2n) is 5.34. The fraction of sp³-hybridized carbons (Fsp3) is 0.333. The topological polar surface area (TPSA) is 55.0 Å². The van der Waals surface area contributed by atoms with Crippen LogP contribution in [0, 0.1) is 0 Å². The summed E-state index contributed by atoms with van der Waals surface area (Å²) in [6.07, 6.45) is 0. The largest absolute Gasteiger partial charge is 0.383 e. The van der Waals surface area contributed by atoms with Crippen LogP contribution in [0.3, 0.4) is 0 Å². The predicted octanol–water partition coefficient (Wildman–Crippen LogP) is 3.84. The van der Waals surface area contributed by atoms with Gasteiger partial charge in [-0.2, -0.15) is 0 Å². The van der Waals surface area contributed by atoms with Gasteiger partial charge in [-0.15, -0.1) is 22.7 Å². The summed E-state index contributed by atoms with van der Waals surface area (Å²) < 4.78 is 0. The SMILES string of the molecule is CC(C)N(C)Cc1nc(N)c2c(-c3cccs3)csc2n1. The molecular weight excluding hydrogens is 300 g/mol. The smallest absolute Gasteiger partial charge is 0.146 e. The molecule has 0 aromatic carbocycles. The first-order valence-electron chi connectivity index (χ1n) is 6.84. The van der Waals surface area contributed by atoms with Crippen LogP contribution in [0.25, 0.3) is 20.7 Å². The second kappa shape index (κ2) is 5.71. The van der Waals surface area contributed by atoms with Crippen LogP contribution < -0.4 is 5.73 Å². The fourth-order valence-corrected chi connectivity index (χ4v) is 3.89. The number of thiophene rings is 2. The minimum atomic E-state index is 0.454. The molecule has 0 amide bonds. The van der Waals surface area contributed by atoms with Crippen LogP contribution in [-0.2, 0) is 6.54 Å². The van der Waals surface area contributed by atoms with Crippen molar-refractivity contribution in [2.75, 3.05) is 12.8 Å². The van der Waals surface area contributed by atoms with E-state index in [9.17, 15) is 0 Å². The highest BCUT2D eigenvalue weighted by Gasteiger charge is 2.15. The van der Waals surface area contributed by atoms with Crippen LogP contribution >= 0.6 is 22.7 Å². The summed E-state index contributed by atoms with van der Waals surface area (Å²) in [5.74, 6) is 1.37. The lowest BCUT2D eigenvalue weighted by atomic mass is 10.2. The molecule has 4 nitrogen and oxygen atoms in total. The molecule has 0 atom stereocenters. The molecule has 0 saturated carbocycles. The Morgan fingerprint density at radius 2 is 2.10 bits per heavy atom. The number of rotatable bonds is 4. The van der Waals surface area contributed by atoms with E-state index in [1.54, 1.807) is 22.7 Å². The molecule has 0 bridgehead atoms. The van der Waals surface area contributed by atoms with Gasteiger partial charge in [-0.1, -0.05) is 6.07 Å². The lowest BCUT2D eigenvalue weighted by Crippen LogP contribution is -2.26.